The second-order valence-electron chi connectivity index (χ2n) is 6.59. The van der Waals surface area contributed by atoms with Crippen molar-refractivity contribution >= 4 is 27.5 Å². The number of H-pyrrole nitrogens is 1. The summed E-state index contributed by atoms with van der Waals surface area (Å²) in [7, 11) is 0.409. The van der Waals surface area contributed by atoms with Gasteiger partial charge in [-0.25, -0.2) is 4.98 Å². The zero-order chi connectivity index (χ0) is 17.9. The molecule has 1 fully saturated rings. The largest absolute Gasteiger partial charge is 0.497 e. The van der Waals surface area contributed by atoms with Crippen molar-refractivity contribution in [3.63, 3.8) is 0 Å². The number of benzene rings is 2. The summed E-state index contributed by atoms with van der Waals surface area (Å²) < 4.78 is 18.2. The van der Waals surface area contributed by atoms with Gasteiger partial charge in [0.25, 0.3) is 0 Å². The van der Waals surface area contributed by atoms with Crippen LogP contribution in [0.3, 0.4) is 0 Å². The van der Waals surface area contributed by atoms with E-state index in [1.165, 1.54) is 24.9 Å². The van der Waals surface area contributed by atoms with Crippen LogP contribution in [0.25, 0.3) is 11.0 Å². The van der Waals surface area contributed by atoms with Crippen LogP contribution in [0.15, 0.2) is 47.6 Å². The van der Waals surface area contributed by atoms with Crippen LogP contribution in [0, 0.1) is 0 Å². The molecule has 6 heteroatoms. The fourth-order valence-electron chi connectivity index (χ4n) is 3.49. The Balaban J connectivity index is 1.58. The summed E-state index contributed by atoms with van der Waals surface area (Å²) in [5, 5.41) is 0.515. The standard InChI is InChI=1S/C20H23N3O2S/c1-25-16-9-10-17-18(13-16)22-20(21-17)26(24)14-15-7-3-4-8-19(15)23-11-5-2-6-12-23/h3-4,7-10,13H,2,5-6,11-12,14H2,1H3,(H,21,22). The van der Waals surface area contributed by atoms with E-state index in [0.29, 0.717) is 10.9 Å². The number of hydrogen-bond acceptors (Lipinski definition) is 4. The lowest BCUT2D eigenvalue weighted by atomic mass is 10.1. The Morgan fingerprint density at radius 2 is 1.96 bits per heavy atom. The normalized spacial score (nSPS) is 16.0. The molecule has 0 spiro atoms. The lowest BCUT2D eigenvalue weighted by molar-refractivity contribution is 0.415. The summed E-state index contributed by atoms with van der Waals surface area (Å²) in [5.41, 5.74) is 3.97. The number of para-hydroxylation sites is 1. The predicted molar refractivity (Wildman–Crippen MR) is 105 cm³/mol. The van der Waals surface area contributed by atoms with Crippen molar-refractivity contribution in [3.8, 4) is 5.75 Å². The zero-order valence-electron chi connectivity index (χ0n) is 14.9. The molecular weight excluding hydrogens is 346 g/mol. The Bertz CT molecular complexity index is 932. The third kappa shape index (κ3) is 3.46. The molecule has 1 unspecified atom stereocenters. The molecule has 0 bridgehead atoms. The first-order chi connectivity index (χ1) is 12.7. The number of aromatic amines is 1. The monoisotopic (exact) mass is 369 g/mol. The summed E-state index contributed by atoms with van der Waals surface area (Å²) >= 11 is 0. The van der Waals surface area contributed by atoms with E-state index in [1.54, 1.807) is 7.11 Å². The molecule has 136 valence electrons. The van der Waals surface area contributed by atoms with Gasteiger partial charge in [0.15, 0.2) is 5.16 Å². The summed E-state index contributed by atoms with van der Waals surface area (Å²) in [6.07, 6.45) is 3.75. The maximum atomic E-state index is 12.9. The van der Waals surface area contributed by atoms with Gasteiger partial charge < -0.3 is 14.6 Å². The number of anilines is 1. The highest BCUT2D eigenvalue weighted by molar-refractivity contribution is 7.84. The minimum atomic E-state index is -1.22. The topological polar surface area (TPSA) is 58.2 Å². The second kappa shape index (κ2) is 7.50. The Kier molecular flexibility index (Phi) is 4.93. The van der Waals surface area contributed by atoms with E-state index in [9.17, 15) is 4.21 Å². The molecule has 0 radical (unpaired) electrons. The lowest BCUT2D eigenvalue weighted by Gasteiger charge is -2.30. The Morgan fingerprint density at radius 1 is 1.15 bits per heavy atom. The number of nitrogens with zero attached hydrogens (tertiary/aromatic N) is 2. The Hall–Kier alpha value is -2.34. The van der Waals surface area contributed by atoms with E-state index in [4.69, 9.17) is 4.74 Å². The Morgan fingerprint density at radius 3 is 2.77 bits per heavy atom. The molecule has 1 aliphatic rings. The van der Waals surface area contributed by atoms with Crippen molar-refractivity contribution in [3.05, 3.63) is 48.0 Å². The highest BCUT2D eigenvalue weighted by Gasteiger charge is 2.17. The highest BCUT2D eigenvalue weighted by atomic mass is 32.2. The molecule has 1 N–H and O–H groups in total. The molecule has 1 aromatic heterocycles. The van der Waals surface area contributed by atoms with Crippen LogP contribution in [-0.4, -0.2) is 34.4 Å². The van der Waals surface area contributed by atoms with Crippen LogP contribution in [0.2, 0.25) is 0 Å². The van der Waals surface area contributed by atoms with Gasteiger partial charge in [0, 0.05) is 24.8 Å². The molecule has 1 aliphatic heterocycles. The number of imidazole rings is 1. The molecule has 0 saturated carbocycles. The molecule has 3 aromatic rings. The highest BCUT2D eigenvalue weighted by Crippen LogP contribution is 2.27. The maximum absolute atomic E-state index is 12.9. The van der Waals surface area contributed by atoms with Crippen molar-refractivity contribution in [2.24, 2.45) is 0 Å². The first-order valence-corrected chi connectivity index (χ1v) is 10.3. The number of aromatic nitrogens is 2. The molecule has 1 atom stereocenters. The average Bonchev–Trinajstić information content (AvgIpc) is 3.12. The quantitative estimate of drug-likeness (QED) is 0.742. The predicted octanol–water partition coefficient (Wildman–Crippen LogP) is 3.87. The van der Waals surface area contributed by atoms with E-state index in [-0.39, 0.29) is 0 Å². The number of methoxy groups -OCH3 is 1. The van der Waals surface area contributed by atoms with Crippen LogP contribution in [0.4, 0.5) is 5.69 Å². The van der Waals surface area contributed by atoms with Gasteiger partial charge in [-0.1, -0.05) is 18.2 Å². The maximum Gasteiger partial charge on any atom is 0.197 e. The Labute approximate surface area is 155 Å². The van der Waals surface area contributed by atoms with E-state index in [0.717, 1.165) is 35.4 Å². The molecular formula is C20H23N3O2S. The number of hydrogen-bond donors (Lipinski definition) is 1. The molecule has 1 saturated heterocycles. The van der Waals surface area contributed by atoms with Gasteiger partial charge in [-0.3, -0.25) is 4.21 Å². The van der Waals surface area contributed by atoms with Crippen LogP contribution in [-0.2, 0) is 16.6 Å². The second-order valence-corrected chi connectivity index (χ2v) is 7.96. The molecule has 26 heavy (non-hydrogen) atoms. The summed E-state index contributed by atoms with van der Waals surface area (Å²) in [4.78, 5) is 10.1. The van der Waals surface area contributed by atoms with Crippen molar-refractivity contribution in [2.45, 2.75) is 30.2 Å². The van der Waals surface area contributed by atoms with Crippen molar-refractivity contribution < 1.29 is 8.95 Å². The molecule has 4 rings (SSSR count). The third-order valence-corrected chi connectivity index (χ3v) is 6.06. The van der Waals surface area contributed by atoms with Gasteiger partial charge in [-0.05, 0) is 43.0 Å². The van der Waals surface area contributed by atoms with Gasteiger partial charge in [0.2, 0.25) is 0 Å². The smallest absolute Gasteiger partial charge is 0.197 e. The van der Waals surface area contributed by atoms with Crippen molar-refractivity contribution in [1.29, 1.82) is 0 Å². The zero-order valence-corrected chi connectivity index (χ0v) is 15.7. The van der Waals surface area contributed by atoms with Gasteiger partial charge in [0.05, 0.1) is 34.7 Å². The molecule has 2 aromatic carbocycles. The van der Waals surface area contributed by atoms with E-state index in [1.807, 2.05) is 24.3 Å². The molecule has 0 amide bonds. The van der Waals surface area contributed by atoms with Crippen LogP contribution in [0.5, 0.6) is 5.75 Å². The average molecular weight is 369 g/mol. The lowest BCUT2D eigenvalue weighted by Crippen LogP contribution is -2.30. The van der Waals surface area contributed by atoms with Crippen LogP contribution in [0.1, 0.15) is 24.8 Å². The first kappa shape index (κ1) is 17.1. The number of piperidine rings is 1. The minimum absolute atomic E-state index is 0.462. The fraction of sp³-hybridized carbons (Fsp3) is 0.350. The number of fused-ring (bicyclic) bond motifs is 1. The molecule has 2 heterocycles. The van der Waals surface area contributed by atoms with Crippen molar-refractivity contribution in [1.82, 2.24) is 9.97 Å². The number of nitrogens with one attached hydrogen (secondary N) is 1. The summed E-state index contributed by atoms with van der Waals surface area (Å²) in [6.45, 7) is 2.15. The van der Waals surface area contributed by atoms with Crippen LogP contribution >= 0.6 is 0 Å². The fourth-order valence-corrected chi connectivity index (χ4v) is 4.57. The third-order valence-electron chi connectivity index (χ3n) is 4.86. The molecule has 5 nitrogen and oxygen atoms in total. The van der Waals surface area contributed by atoms with E-state index in [2.05, 4.69) is 33.1 Å². The number of ether oxygens (including phenoxy) is 1. The minimum Gasteiger partial charge on any atom is -0.497 e. The van der Waals surface area contributed by atoms with E-state index < -0.39 is 10.8 Å². The summed E-state index contributed by atoms with van der Waals surface area (Å²) in [5.74, 6) is 1.22. The van der Waals surface area contributed by atoms with Gasteiger partial charge in [-0.15, -0.1) is 0 Å². The van der Waals surface area contributed by atoms with Crippen molar-refractivity contribution in [2.75, 3.05) is 25.1 Å². The SMILES string of the molecule is COc1ccc2nc(S(=O)Cc3ccccc3N3CCCCC3)[nH]c2c1. The van der Waals surface area contributed by atoms with Gasteiger partial charge in [0.1, 0.15) is 5.75 Å². The first-order valence-electron chi connectivity index (χ1n) is 8.99. The van der Waals surface area contributed by atoms with Crippen LogP contribution < -0.4 is 9.64 Å². The van der Waals surface area contributed by atoms with E-state index >= 15 is 0 Å². The number of rotatable bonds is 5. The summed E-state index contributed by atoms with van der Waals surface area (Å²) in [6, 6.07) is 13.9. The molecule has 0 aliphatic carbocycles. The van der Waals surface area contributed by atoms with Gasteiger partial charge >= 0.3 is 0 Å². The van der Waals surface area contributed by atoms with Gasteiger partial charge in [-0.2, -0.15) is 0 Å².